The van der Waals surface area contributed by atoms with Crippen LogP contribution in [0.15, 0.2) is 97.1 Å². The van der Waals surface area contributed by atoms with Gasteiger partial charge in [-0.25, -0.2) is 9.50 Å². The number of carbonyl (C=O) groups excluding carboxylic acids is 1. The predicted octanol–water partition coefficient (Wildman–Crippen LogP) is 5.66. The van der Waals surface area contributed by atoms with Crippen LogP contribution in [-0.4, -0.2) is 27.0 Å². The van der Waals surface area contributed by atoms with Crippen LogP contribution in [0, 0.1) is 0 Å². The Kier molecular flexibility index (Phi) is 4.73. The van der Waals surface area contributed by atoms with Crippen molar-refractivity contribution in [1.82, 2.24) is 14.6 Å². The quantitative estimate of drug-likeness (QED) is 0.371. The van der Waals surface area contributed by atoms with E-state index in [1.165, 1.54) is 5.56 Å². The standard InChI is InChI=1S/C28H22N4O/c33-28(31-17-9-15-21-14-7-8-16-25(21)31)24-19-27-29-23(20-10-3-1-4-11-20)18-26(32(27)30-24)22-12-5-2-6-13-22/h1-8,10-14,16,18-19H,9,15,17H2. The molecule has 3 heterocycles. The highest BCUT2D eigenvalue weighted by Gasteiger charge is 2.26. The van der Waals surface area contributed by atoms with E-state index in [1.54, 1.807) is 10.6 Å². The highest BCUT2D eigenvalue weighted by atomic mass is 16.2. The van der Waals surface area contributed by atoms with Crippen molar-refractivity contribution in [2.45, 2.75) is 12.8 Å². The van der Waals surface area contributed by atoms with Crippen LogP contribution in [0.3, 0.4) is 0 Å². The monoisotopic (exact) mass is 430 g/mol. The molecule has 160 valence electrons. The van der Waals surface area contributed by atoms with Crippen molar-refractivity contribution in [3.63, 3.8) is 0 Å². The van der Waals surface area contributed by atoms with Gasteiger partial charge in [-0.1, -0.05) is 78.9 Å². The van der Waals surface area contributed by atoms with Gasteiger partial charge >= 0.3 is 0 Å². The van der Waals surface area contributed by atoms with E-state index in [1.807, 2.05) is 89.8 Å². The molecule has 1 aliphatic heterocycles. The number of hydrogen-bond donors (Lipinski definition) is 0. The molecule has 0 unspecified atom stereocenters. The molecule has 5 heteroatoms. The molecule has 1 amide bonds. The van der Waals surface area contributed by atoms with E-state index in [0.717, 1.165) is 41.0 Å². The van der Waals surface area contributed by atoms with Crippen molar-refractivity contribution >= 4 is 17.2 Å². The van der Waals surface area contributed by atoms with Gasteiger partial charge in [0, 0.05) is 29.4 Å². The third-order valence-corrected chi connectivity index (χ3v) is 6.14. The van der Waals surface area contributed by atoms with E-state index in [0.29, 0.717) is 17.9 Å². The largest absolute Gasteiger partial charge is 0.307 e. The summed E-state index contributed by atoms with van der Waals surface area (Å²) in [5.41, 5.74) is 7.04. The summed E-state index contributed by atoms with van der Waals surface area (Å²) in [5.74, 6) is -0.0899. The van der Waals surface area contributed by atoms with E-state index in [2.05, 4.69) is 6.07 Å². The molecular formula is C28H22N4O. The fourth-order valence-electron chi connectivity index (χ4n) is 4.53. The zero-order chi connectivity index (χ0) is 22.2. The summed E-state index contributed by atoms with van der Waals surface area (Å²) in [7, 11) is 0. The van der Waals surface area contributed by atoms with Gasteiger partial charge in [-0.15, -0.1) is 0 Å². The highest BCUT2D eigenvalue weighted by molar-refractivity contribution is 6.06. The average Bonchev–Trinajstić information content (AvgIpc) is 3.33. The number of carbonyl (C=O) groups is 1. The molecule has 5 nitrogen and oxygen atoms in total. The van der Waals surface area contributed by atoms with Gasteiger partial charge < -0.3 is 4.90 Å². The van der Waals surface area contributed by atoms with Crippen molar-refractivity contribution in [2.24, 2.45) is 0 Å². The third kappa shape index (κ3) is 3.48. The van der Waals surface area contributed by atoms with Gasteiger partial charge in [-0.2, -0.15) is 5.10 Å². The maximum atomic E-state index is 13.6. The Labute approximate surface area is 192 Å². The van der Waals surface area contributed by atoms with E-state index in [4.69, 9.17) is 10.1 Å². The molecule has 33 heavy (non-hydrogen) atoms. The summed E-state index contributed by atoms with van der Waals surface area (Å²) in [6.07, 6.45) is 1.94. The van der Waals surface area contributed by atoms with Crippen LogP contribution in [0.4, 0.5) is 5.69 Å². The zero-order valence-corrected chi connectivity index (χ0v) is 18.1. The number of rotatable bonds is 3. The fourth-order valence-corrected chi connectivity index (χ4v) is 4.53. The van der Waals surface area contributed by atoms with Crippen molar-refractivity contribution in [3.8, 4) is 22.5 Å². The maximum absolute atomic E-state index is 13.6. The molecule has 2 aromatic heterocycles. The molecule has 0 saturated heterocycles. The van der Waals surface area contributed by atoms with E-state index in [9.17, 15) is 4.79 Å². The number of benzene rings is 3. The summed E-state index contributed by atoms with van der Waals surface area (Å²) in [6, 6.07) is 32.1. The zero-order valence-electron chi connectivity index (χ0n) is 18.1. The lowest BCUT2D eigenvalue weighted by atomic mass is 10.0. The topological polar surface area (TPSA) is 50.5 Å². The van der Waals surface area contributed by atoms with Gasteiger partial charge in [0.05, 0.1) is 11.4 Å². The fraction of sp³-hybridized carbons (Fsp3) is 0.107. The second-order valence-corrected chi connectivity index (χ2v) is 8.25. The average molecular weight is 431 g/mol. The number of aromatic nitrogens is 3. The first-order valence-electron chi connectivity index (χ1n) is 11.2. The smallest absolute Gasteiger partial charge is 0.278 e. The molecule has 3 aromatic carbocycles. The number of hydrogen-bond acceptors (Lipinski definition) is 3. The number of nitrogens with zero attached hydrogens (tertiary/aromatic N) is 4. The Morgan fingerprint density at radius 2 is 1.48 bits per heavy atom. The summed E-state index contributed by atoms with van der Waals surface area (Å²) in [6.45, 7) is 0.692. The van der Waals surface area contributed by atoms with Crippen LogP contribution < -0.4 is 4.90 Å². The lowest BCUT2D eigenvalue weighted by Crippen LogP contribution is -2.35. The normalized spacial score (nSPS) is 13.2. The van der Waals surface area contributed by atoms with Crippen LogP contribution in [0.5, 0.6) is 0 Å². The molecule has 0 spiro atoms. The minimum absolute atomic E-state index is 0.0899. The molecule has 0 saturated carbocycles. The van der Waals surface area contributed by atoms with Gasteiger partial charge in [0.15, 0.2) is 11.3 Å². The first-order valence-corrected chi connectivity index (χ1v) is 11.2. The second kappa shape index (κ2) is 8.02. The van der Waals surface area contributed by atoms with Gasteiger partial charge in [0.2, 0.25) is 0 Å². The van der Waals surface area contributed by atoms with Crippen LogP contribution in [-0.2, 0) is 6.42 Å². The van der Waals surface area contributed by atoms with Crippen LogP contribution in [0.2, 0.25) is 0 Å². The van der Waals surface area contributed by atoms with Crippen molar-refractivity contribution in [3.05, 3.63) is 108 Å². The number of para-hydroxylation sites is 1. The van der Waals surface area contributed by atoms with Gasteiger partial charge in [0.25, 0.3) is 5.91 Å². The van der Waals surface area contributed by atoms with Crippen molar-refractivity contribution in [2.75, 3.05) is 11.4 Å². The van der Waals surface area contributed by atoms with E-state index >= 15 is 0 Å². The first-order chi connectivity index (χ1) is 16.3. The summed E-state index contributed by atoms with van der Waals surface area (Å²) in [5, 5.41) is 4.73. The Morgan fingerprint density at radius 1 is 0.788 bits per heavy atom. The van der Waals surface area contributed by atoms with Crippen LogP contribution >= 0.6 is 0 Å². The molecule has 0 aliphatic carbocycles. The lowest BCUT2D eigenvalue weighted by Gasteiger charge is -2.28. The minimum Gasteiger partial charge on any atom is -0.307 e. The lowest BCUT2D eigenvalue weighted by molar-refractivity contribution is 0.0980. The van der Waals surface area contributed by atoms with Gasteiger partial charge in [-0.05, 0) is 30.5 Å². The molecule has 5 aromatic rings. The Morgan fingerprint density at radius 3 is 2.27 bits per heavy atom. The highest BCUT2D eigenvalue weighted by Crippen LogP contribution is 2.30. The molecule has 0 N–H and O–H groups in total. The van der Waals surface area contributed by atoms with E-state index < -0.39 is 0 Å². The minimum atomic E-state index is -0.0899. The summed E-state index contributed by atoms with van der Waals surface area (Å²) >= 11 is 0. The number of anilines is 1. The summed E-state index contributed by atoms with van der Waals surface area (Å²) in [4.78, 5) is 20.3. The third-order valence-electron chi connectivity index (χ3n) is 6.14. The molecule has 0 radical (unpaired) electrons. The second-order valence-electron chi connectivity index (χ2n) is 8.25. The van der Waals surface area contributed by atoms with E-state index in [-0.39, 0.29) is 5.91 Å². The Hall–Kier alpha value is -4.25. The van der Waals surface area contributed by atoms with Crippen LogP contribution in [0.1, 0.15) is 22.5 Å². The van der Waals surface area contributed by atoms with Crippen molar-refractivity contribution in [1.29, 1.82) is 0 Å². The first kappa shape index (κ1) is 19.4. The maximum Gasteiger partial charge on any atom is 0.278 e. The number of fused-ring (bicyclic) bond motifs is 2. The SMILES string of the molecule is O=C(c1cc2nc(-c3ccccc3)cc(-c3ccccc3)n2n1)N1CCCc2ccccc21. The van der Waals surface area contributed by atoms with Gasteiger partial charge in [0.1, 0.15) is 0 Å². The van der Waals surface area contributed by atoms with Gasteiger partial charge in [-0.3, -0.25) is 4.79 Å². The predicted molar refractivity (Wildman–Crippen MR) is 130 cm³/mol. The molecule has 0 atom stereocenters. The molecular weight excluding hydrogens is 408 g/mol. The van der Waals surface area contributed by atoms with Crippen molar-refractivity contribution < 1.29 is 4.79 Å². The Bertz CT molecular complexity index is 1460. The molecule has 1 aliphatic rings. The molecule has 0 bridgehead atoms. The Balaban J connectivity index is 1.50. The molecule has 0 fully saturated rings. The van der Waals surface area contributed by atoms with Crippen LogP contribution in [0.25, 0.3) is 28.2 Å². The number of aryl methyl sites for hydroxylation is 1. The molecule has 6 rings (SSSR count). The number of amides is 1. The summed E-state index contributed by atoms with van der Waals surface area (Å²) < 4.78 is 1.78.